The number of ether oxygens (including phenoxy) is 4. The molecule has 0 aromatic heterocycles. The van der Waals surface area contributed by atoms with E-state index in [9.17, 15) is 14.0 Å². The van der Waals surface area contributed by atoms with Crippen LogP contribution < -0.4 is 14.8 Å². The van der Waals surface area contributed by atoms with Crippen LogP contribution in [0.25, 0.3) is 0 Å². The van der Waals surface area contributed by atoms with Gasteiger partial charge in [0.15, 0.2) is 11.5 Å². The minimum absolute atomic E-state index is 0.141. The third-order valence-corrected chi connectivity index (χ3v) is 4.44. The Labute approximate surface area is 167 Å². The number of carbonyl (C=O) groups excluding carboxylic acids is 2. The number of methoxy groups -OCH3 is 2. The van der Waals surface area contributed by atoms with Crippen LogP contribution in [0.3, 0.4) is 0 Å². The zero-order valence-electron chi connectivity index (χ0n) is 16.4. The number of amides is 1. The zero-order chi connectivity index (χ0) is 21.0. The molecular weight excluding hydrogens is 381 g/mol. The first-order valence-electron chi connectivity index (χ1n) is 9.14. The largest absolute Gasteiger partial charge is 0.493 e. The molecule has 29 heavy (non-hydrogen) atoms. The Bertz CT molecular complexity index is 916. The Morgan fingerprint density at radius 3 is 2.66 bits per heavy atom. The average molecular weight is 403 g/mol. The van der Waals surface area contributed by atoms with Crippen molar-refractivity contribution in [1.29, 1.82) is 0 Å². The number of para-hydroxylation sites is 1. The fourth-order valence-electron chi connectivity index (χ4n) is 3.14. The molecule has 0 spiro atoms. The van der Waals surface area contributed by atoms with Crippen molar-refractivity contribution < 1.29 is 32.9 Å². The lowest BCUT2D eigenvalue weighted by atomic mass is 9.98. The number of hydrogen-bond acceptors (Lipinski definition) is 6. The molecule has 1 heterocycles. The standard InChI is InChI=1S/C21H22FNO6/c1-4-6-17(24)28-21-20(25)23-15-10-9-12(22)11-14(15)18(29-21)13-7-5-8-16(26-2)19(13)27-3/h5,7-11,18,21H,4,6H2,1-3H3,(H,23,25)/t18-,21+/m0/s1. The fraction of sp³-hybridized carbons (Fsp3) is 0.333. The van der Waals surface area contributed by atoms with Crippen LogP contribution in [0.15, 0.2) is 36.4 Å². The molecule has 0 aliphatic carbocycles. The van der Waals surface area contributed by atoms with Gasteiger partial charge in [-0.25, -0.2) is 4.39 Å². The normalized spacial score (nSPS) is 18.3. The number of esters is 1. The molecule has 3 rings (SSSR count). The maximum absolute atomic E-state index is 14.0. The van der Waals surface area contributed by atoms with E-state index in [0.29, 0.717) is 34.7 Å². The Morgan fingerprint density at radius 1 is 1.17 bits per heavy atom. The number of anilines is 1. The number of fused-ring (bicyclic) bond motifs is 1. The molecule has 8 heteroatoms. The summed E-state index contributed by atoms with van der Waals surface area (Å²) in [5.74, 6) is -0.930. The van der Waals surface area contributed by atoms with E-state index < -0.39 is 30.1 Å². The summed E-state index contributed by atoms with van der Waals surface area (Å²) in [5, 5.41) is 2.63. The van der Waals surface area contributed by atoms with E-state index in [1.54, 1.807) is 18.2 Å². The molecule has 0 saturated carbocycles. The van der Waals surface area contributed by atoms with Crippen LogP contribution in [0.2, 0.25) is 0 Å². The van der Waals surface area contributed by atoms with Gasteiger partial charge in [0.25, 0.3) is 12.2 Å². The van der Waals surface area contributed by atoms with Crippen molar-refractivity contribution in [3.8, 4) is 11.5 Å². The lowest BCUT2D eigenvalue weighted by Gasteiger charge is -2.24. The van der Waals surface area contributed by atoms with Gasteiger partial charge in [0.1, 0.15) is 11.9 Å². The highest BCUT2D eigenvalue weighted by Gasteiger charge is 2.36. The molecule has 0 fully saturated rings. The summed E-state index contributed by atoms with van der Waals surface area (Å²) < 4.78 is 36.0. The number of nitrogens with one attached hydrogen (secondary N) is 1. The highest BCUT2D eigenvalue weighted by molar-refractivity contribution is 5.96. The molecule has 0 saturated heterocycles. The first-order chi connectivity index (χ1) is 14.0. The topological polar surface area (TPSA) is 83.1 Å². The summed E-state index contributed by atoms with van der Waals surface area (Å²) in [4.78, 5) is 24.6. The summed E-state index contributed by atoms with van der Waals surface area (Å²) in [5.41, 5.74) is 1.20. The van der Waals surface area contributed by atoms with Crippen molar-refractivity contribution in [1.82, 2.24) is 0 Å². The van der Waals surface area contributed by atoms with Gasteiger partial charge < -0.3 is 24.3 Å². The first kappa shape index (κ1) is 20.6. The summed E-state index contributed by atoms with van der Waals surface area (Å²) in [6.45, 7) is 1.82. The molecule has 1 amide bonds. The van der Waals surface area contributed by atoms with Crippen molar-refractivity contribution in [2.75, 3.05) is 19.5 Å². The summed E-state index contributed by atoms with van der Waals surface area (Å²) in [6.07, 6.45) is -1.76. The van der Waals surface area contributed by atoms with Crippen LogP contribution in [-0.2, 0) is 19.1 Å². The molecule has 1 N–H and O–H groups in total. The molecule has 0 radical (unpaired) electrons. The molecule has 2 aromatic carbocycles. The van der Waals surface area contributed by atoms with E-state index in [0.717, 1.165) is 0 Å². The number of hydrogen-bond donors (Lipinski definition) is 1. The third kappa shape index (κ3) is 4.32. The molecule has 1 aliphatic rings. The third-order valence-electron chi connectivity index (χ3n) is 4.44. The minimum Gasteiger partial charge on any atom is -0.493 e. The Hall–Kier alpha value is -3.13. The monoisotopic (exact) mass is 403 g/mol. The second kappa shape index (κ2) is 8.91. The van der Waals surface area contributed by atoms with E-state index >= 15 is 0 Å². The molecule has 7 nitrogen and oxygen atoms in total. The van der Waals surface area contributed by atoms with E-state index in [-0.39, 0.29) is 6.42 Å². The maximum atomic E-state index is 14.0. The molecular formula is C21H22FNO6. The Morgan fingerprint density at radius 2 is 1.97 bits per heavy atom. The lowest BCUT2D eigenvalue weighted by Crippen LogP contribution is -2.34. The van der Waals surface area contributed by atoms with E-state index in [4.69, 9.17) is 18.9 Å². The van der Waals surface area contributed by atoms with E-state index in [1.165, 1.54) is 32.4 Å². The van der Waals surface area contributed by atoms with Crippen LogP contribution in [0, 0.1) is 5.82 Å². The van der Waals surface area contributed by atoms with Gasteiger partial charge in [-0.2, -0.15) is 0 Å². The van der Waals surface area contributed by atoms with Crippen LogP contribution in [0.4, 0.5) is 10.1 Å². The van der Waals surface area contributed by atoms with Gasteiger partial charge in [0.05, 0.1) is 14.2 Å². The highest BCUT2D eigenvalue weighted by atomic mass is 19.1. The summed E-state index contributed by atoms with van der Waals surface area (Å²) in [6, 6.07) is 9.05. The second-order valence-electron chi connectivity index (χ2n) is 6.39. The predicted octanol–water partition coefficient (Wildman–Crippen LogP) is 3.57. The maximum Gasteiger partial charge on any atom is 0.308 e. The summed E-state index contributed by atoms with van der Waals surface area (Å²) in [7, 11) is 2.95. The van der Waals surface area contributed by atoms with Crippen molar-refractivity contribution in [3.05, 3.63) is 53.3 Å². The number of benzene rings is 2. The smallest absolute Gasteiger partial charge is 0.308 e. The van der Waals surface area contributed by atoms with Crippen molar-refractivity contribution >= 4 is 17.6 Å². The van der Waals surface area contributed by atoms with Gasteiger partial charge in [0, 0.05) is 23.2 Å². The first-order valence-corrected chi connectivity index (χ1v) is 9.14. The number of rotatable bonds is 6. The van der Waals surface area contributed by atoms with Gasteiger partial charge >= 0.3 is 5.97 Å². The second-order valence-corrected chi connectivity index (χ2v) is 6.39. The van der Waals surface area contributed by atoms with Crippen LogP contribution in [-0.4, -0.2) is 32.4 Å². The average Bonchev–Trinajstić information content (AvgIpc) is 2.84. The van der Waals surface area contributed by atoms with Gasteiger partial charge in [0.2, 0.25) is 0 Å². The fourth-order valence-corrected chi connectivity index (χ4v) is 3.14. The minimum atomic E-state index is -1.51. The summed E-state index contributed by atoms with van der Waals surface area (Å²) >= 11 is 0. The Kier molecular flexibility index (Phi) is 6.33. The molecule has 1 aliphatic heterocycles. The molecule has 2 aromatic rings. The molecule has 154 valence electrons. The predicted molar refractivity (Wildman–Crippen MR) is 102 cm³/mol. The zero-order valence-corrected chi connectivity index (χ0v) is 16.4. The van der Waals surface area contributed by atoms with Gasteiger partial charge in [-0.05, 0) is 30.7 Å². The van der Waals surface area contributed by atoms with Gasteiger partial charge in [-0.3, -0.25) is 9.59 Å². The highest BCUT2D eigenvalue weighted by Crippen LogP contribution is 2.43. The molecule has 0 bridgehead atoms. The van der Waals surface area contributed by atoms with E-state index in [2.05, 4.69) is 5.32 Å². The van der Waals surface area contributed by atoms with Crippen LogP contribution in [0.1, 0.15) is 37.0 Å². The molecule has 0 unspecified atom stereocenters. The SMILES string of the molecule is CCCC(=O)O[C@@H]1O[C@@H](c2cccc(OC)c2OC)c2cc(F)ccc2NC1=O. The van der Waals surface area contributed by atoms with Crippen molar-refractivity contribution in [2.24, 2.45) is 0 Å². The Balaban J connectivity index is 2.10. The van der Waals surface area contributed by atoms with Gasteiger partial charge in [-0.1, -0.05) is 19.1 Å². The van der Waals surface area contributed by atoms with Crippen LogP contribution in [0.5, 0.6) is 11.5 Å². The van der Waals surface area contributed by atoms with E-state index in [1.807, 2.05) is 6.92 Å². The number of halogens is 1. The quantitative estimate of drug-likeness (QED) is 0.743. The van der Waals surface area contributed by atoms with Gasteiger partial charge in [-0.15, -0.1) is 0 Å². The van der Waals surface area contributed by atoms with Crippen molar-refractivity contribution in [2.45, 2.75) is 32.2 Å². The molecule has 2 atom stereocenters. The van der Waals surface area contributed by atoms with Crippen LogP contribution >= 0.6 is 0 Å². The lowest BCUT2D eigenvalue weighted by molar-refractivity contribution is -0.189. The van der Waals surface area contributed by atoms with Crippen molar-refractivity contribution in [3.63, 3.8) is 0 Å². The number of carbonyl (C=O) groups is 2.